The molecule has 0 saturated carbocycles. The lowest BCUT2D eigenvalue weighted by atomic mass is 10.1. The largest absolute Gasteiger partial charge is 0.493 e. The van der Waals surface area contributed by atoms with Gasteiger partial charge in [-0.2, -0.15) is 0 Å². The van der Waals surface area contributed by atoms with E-state index < -0.39 is 0 Å². The van der Waals surface area contributed by atoms with Gasteiger partial charge in [-0.05, 0) is 48.7 Å². The lowest BCUT2D eigenvalue weighted by Gasteiger charge is -2.11. The van der Waals surface area contributed by atoms with E-state index >= 15 is 0 Å². The van der Waals surface area contributed by atoms with Crippen molar-refractivity contribution in [3.63, 3.8) is 0 Å². The van der Waals surface area contributed by atoms with Gasteiger partial charge in [-0.15, -0.1) is 0 Å². The molecule has 6 nitrogen and oxygen atoms in total. The van der Waals surface area contributed by atoms with Gasteiger partial charge in [-0.25, -0.2) is 0 Å². The minimum atomic E-state index is -0.345. The number of nitrogens with one attached hydrogen (secondary N) is 2. The molecule has 0 aliphatic carbocycles. The van der Waals surface area contributed by atoms with E-state index in [1.165, 1.54) is 0 Å². The maximum Gasteiger partial charge on any atom is 0.233 e. The second-order valence-corrected chi connectivity index (χ2v) is 5.94. The van der Waals surface area contributed by atoms with Crippen LogP contribution >= 0.6 is 0 Å². The average Bonchev–Trinajstić information content (AvgIpc) is 2.63. The number of ether oxygens (including phenoxy) is 2. The quantitative estimate of drug-likeness (QED) is 0.748. The zero-order valence-electron chi connectivity index (χ0n) is 15.5. The highest BCUT2D eigenvalue weighted by atomic mass is 16.5. The van der Waals surface area contributed by atoms with Crippen molar-refractivity contribution in [1.29, 1.82) is 0 Å². The van der Waals surface area contributed by atoms with Crippen LogP contribution in [0.5, 0.6) is 11.5 Å². The zero-order chi connectivity index (χ0) is 19.1. The molecule has 0 aliphatic rings. The summed E-state index contributed by atoms with van der Waals surface area (Å²) >= 11 is 0. The molecule has 2 aromatic rings. The van der Waals surface area contributed by atoms with Crippen molar-refractivity contribution in [3.8, 4) is 11.5 Å². The lowest BCUT2D eigenvalue weighted by Crippen LogP contribution is -2.28. The summed E-state index contributed by atoms with van der Waals surface area (Å²) in [5, 5.41) is 5.51. The van der Waals surface area contributed by atoms with Crippen molar-refractivity contribution in [3.05, 3.63) is 53.1 Å². The monoisotopic (exact) mass is 356 g/mol. The van der Waals surface area contributed by atoms with Crippen LogP contribution in [0.25, 0.3) is 0 Å². The van der Waals surface area contributed by atoms with Crippen molar-refractivity contribution in [2.24, 2.45) is 0 Å². The fraction of sp³-hybridized carbons (Fsp3) is 0.300. The second kappa shape index (κ2) is 8.89. The van der Waals surface area contributed by atoms with Crippen molar-refractivity contribution in [1.82, 2.24) is 5.32 Å². The number of anilines is 1. The molecule has 0 fully saturated rings. The smallest absolute Gasteiger partial charge is 0.233 e. The first-order valence-electron chi connectivity index (χ1n) is 8.28. The SMILES string of the molecule is COc1ccc(CNC(=O)CC(=O)Nc2cccc(C)c2C)cc1OC. The molecule has 0 heterocycles. The summed E-state index contributed by atoms with van der Waals surface area (Å²) in [5.41, 5.74) is 3.65. The topological polar surface area (TPSA) is 76.7 Å². The molecule has 2 rings (SSSR count). The van der Waals surface area contributed by atoms with Crippen molar-refractivity contribution >= 4 is 17.5 Å². The minimum absolute atomic E-state index is 0.235. The molecule has 0 spiro atoms. The van der Waals surface area contributed by atoms with E-state index in [1.807, 2.05) is 38.1 Å². The van der Waals surface area contributed by atoms with Gasteiger partial charge in [0.1, 0.15) is 6.42 Å². The van der Waals surface area contributed by atoms with Gasteiger partial charge in [0.15, 0.2) is 11.5 Å². The van der Waals surface area contributed by atoms with Crippen LogP contribution in [-0.4, -0.2) is 26.0 Å². The Kier molecular flexibility index (Phi) is 6.60. The molecule has 0 atom stereocenters. The predicted molar refractivity (Wildman–Crippen MR) is 101 cm³/mol. The summed E-state index contributed by atoms with van der Waals surface area (Å²) in [7, 11) is 3.12. The molecule has 2 aromatic carbocycles. The number of carbonyl (C=O) groups is 2. The number of hydrogen-bond acceptors (Lipinski definition) is 4. The van der Waals surface area contributed by atoms with Gasteiger partial charge in [0.2, 0.25) is 11.8 Å². The number of rotatable bonds is 7. The summed E-state index contributed by atoms with van der Waals surface area (Å²) in [6, 6.07) is 11.1. The van der Waals surface area contributed by atoms with Crippen LogP contribution in [0.2, 0.25) is 0 Å². The molecule has 2 amide bonds. The van der Waals surface area contributed by atoms with Gasteiger partial charge >= 0.3 is 0 Å². The third-order valence-electron chi connectivity index (χ3n) is 4.14. The van der Waals surface area contributed by atoms with Crippen molar-refractivity contribution in [2.45, 2.75) is 26.8 Å². The molecule has 0 aliphatic heterocycles. The standard InChI is InChI=1S/C20H24N2O4/c1-13-6-5-7-16(14(13)2)22-20(24)11-19(23)21-12-15-8-9-17(25-3)18(10-15)26-4/h5-10H,11-12H2,1-4H3,(H,21,23)(H,22,24). The molecule has 6 heteroatoms. The Morgan fingerprint density at radius 1 is 0.962 bits per heavy atom. The van der Waals surface area contributed by atoms with Crippen LogP contribution in [0.3, 0.4) is 0 Å². The number of carbonyl (C=O) groups excluding carboxylic acids is 2. The fourth-order valence-corrected chi connectivity index (χ4v) is 2.48. The Morgan fingerprint density at radius 2 is 1.69 bits per heavy atom. The molecule has 2 N–H and O–H groups in total. The van der Waals surface area contributed by atoms with Crippen LogP contribution in [0, 0.1) is 13.8 Å². The first-order valence-corrected chi connectivity index (χ1v) is 8.28. The highest BCUT2D eigenvalue weighted by Crippen LogP contribution is 2.27. The third-order valence-corrected chi connectivity index (χ3v) is 4.14. The maximum atomic E-state index is 12.1. The Hall–Kier alpha value is -3.02. The van der Waals surface area contributed by atoms with E-state index in [-0.39, 0.29) is 18.2 Å². The van der Waals surface area contributed by atoms with Crippen molar-refractivity contribution < 1.29 is 19.1 Å². The van der Waals surface area contributed by atoms with Gasteiger partial charge in [0.25, 0.3) is 0 Å². The van der Waals surface area contributed by atoms with Crippen LogP contribution in [0.4, 0.5) is 5.69 Å². The van der Waals surface area contributed by atoms with E-state index in [9.17, 15) is 9.59 Å². The Bertz CT molecular complexity index is 802. The van der Waals surface area contributed by atoms with Gasteiger partial charge < -0.3 is 20.1 Å². The van der Waals surface area contributed by atoms with E-state index in [1.54, 1.807) is 26.4 Å². The number of aryl methyl sites for hydroxylation is 1. The van der Waals surface area contributed by atoms with Crippen LogP contribution < -0.4 is 20.1 Å². The van der Waals surface area contributed by atoms with Gasteiger partial charge in [0.05, 0.1) is 14.2 Å². The molecule has 0 bridgehead atoms. The summed E-state index contributed by atoms with van der Waals surface area (Å²) < 4.78 is 10.4. The molecule has 0 aromatic heterocycles. The van der Waals surface area contributed by atoms with E-state index in [0.29, 0.717) is 18.0 Å². The summed E-state index contributed by atoms with van der Waals surface area (Å²) in [6.45, 7) is 4.21. The van der Waals surface area contributed by atoms with Gasteiger partial charge in [0, 0.05) is 12.2 Å². The predicted octanol–water partition coefficient (Wildman–Crippen LogP) is 2.97. The number of benzene rings is 2. The summed E-state index contributed by atoms with van der Waals surface area (Å²) in [4.78, 5) is 24.1. The molecule has 0 saturated heterocycles. The summed E-state index contributed by atoms with van der Waals surface area (Å²) in [6.07, 6.45) is -0.235. The molecule has 0 unspecified atom stereocenters. The Labute approximate surface area is 153 Å². The van der Waals surface area contributed by atoms with E-state index in [4.69, 9.17) is 9.47 Å². The molecular formula is C20H24N2O4. The zero-order valence-corrected chi connectivity index (χ0v) is 15.5. The first-order chi connectivity index (χ1) is 12.4. The third kappa shape index (κ3) is 4.99. The maximum absolute atomic E-state index is 12.1. The molecule has 138 valence electrons. The number of methoxy groups -OCH3 is 2. The fourth-order valence-electron chi connectivity index (χ4n) is 2.48. The summed E-state index contributed by atoms with van der Waals surface area (Å²) in [5.74, 6) is 0.522. The minimum Gasteiger partial charge on any atom is -0.493 e. The number of amides is 2. The first kappa shape index (κ1) is 19.3. The normalized spacial score (nSPS) is 10.2. The molecule has 0 radical (unpaired) electrons. The Morgan fingerprint density at radius 3 is 2.38 bits per heavy atom. The number of hydrogen-bond donors (Lipinski definition) is 2. The average molecular weight is 356 g/mol. The van der Waals surface area contributed by atoms with Crippen LogP contribution in [0.1, 0.15) is 23.1 Å². The molecule has 26 heavy (non-hydrogen) atoms. The van der Waals surface area contributed by atoms with Crippen LogP contribution in [-0.2, 0) is 16.1 Å². The van der Waals surface area contributed by atoms with E-state index in [0.717, 1.165) is 22.4 Å². The molecular weight excluding hydrogens is 332 g/mol. The van der Waals surface area contributed by atoms with Gasteiger partial charge in [-0.1, -0.05) is 18.2 Å². The second-order valence-electron chi connectivity index (χ2n) is 5.94. The van der Waals surface area contributed by atoms with Gasteiger partial charge in [-0.3, -0.25) is 9.59 Å². The highest BCUT2D eigenvalue weighted by molar-refractivity contribution is 6.03. The lowest BCUT2D eigenvalue weighted by molar-refractivity contribution is -0.126. The van der Waals surface area contributed by atoms with Crippen molar-refractivity contribution in [2.75, 3.05) is 19.5 Å². The van der Waals surface area contributed by atoms with E-state index in [2.05, 4.69) is 10.6 Å². The van der Waals surface area contributed by atoms with Crippen LogP contribution in [0.15, 0.2) is 36.4 Å². The highest BCUT2D eigenvalue weighted by Gasteiger charge is 2.12. The Balaban J connectivity index is 1.88.